The quantitative estimate of drug-likeness (QED) is 0.839. The van der Waals surface area contributed by atoms with E-state index in [0.717, 1.165) is 18.0 Å². The van der Waals surface area contributed by atoms with Gasteiger partial charge in [0.2, 0.25) is 0 Å². The average molecular weight is 271 g/mol. The van der Waals surface area contributed by atoms with Crippen LogP contribution in [0, 0.1) is 0 Å². The molecular formula is C12H15ClN2OS. The highest BCUT2D eigenvalue weighted by molar-refractivity contribution is 7.80. The molecule has 2 N–H and O–H groups in total. The number of hydrogen-bond acceptors (Lipinski definition) is 3. The zero-order valence-electron chi connectivity index (χ0n) is 9.87. The maximum absolute atomic E-state index is 6.00. The largest absolute Gasteiger partial charge is 0.484 e. The monoisotopic (exact) mass is 270 g/mol. The maximum atomic E-state index is 6.00. The number of ether oxygens (including phenoxy) is 1. The number of halogens is 1. The third kappa shape index (κ3) is 2.82. The van der Waals surface area contributed by atoms with Crippen LogP contribution in [0.15, 0.2) is 18.2 Å². The van der Waals surface area contributed by atoms with Gasteiger partial charge in [-0.1, -0.05) is 23.8 Å². The summed E-state index contributed by atoms with van der Waals surface area (Å²) >= 11 is 11.0. The van der Waals surface area contributed by atoms with Crippen LogP contribution in [-0.4, -0.2) is 23.7 Å². The molecule has 0 aromatic heterocycles. The number of anilines is 1. The molecule has 1 aliphatic rings. The zero-order valence-corrected chi connectivity index (χ0v) is 11.4. The lowest BCUT2D eigenvalue weighted by atomic mass is 10.1. The van der Waals surface area contributed by atoms with Crippen molar-refractivity contribution in [2.75, 3.05) is 18.0 Å². The Morgan fingerprint density at radius 3 is 2.94 bits per heavy atom. The van der Waals surface area contributed by atoms with E-state index in [0.29, 0.717) is 16.6 Å². The summed E-state index contributed by atoms with van der Waals surface area (Å²) in [6.45, 7) is 5.35. The molecular weight excluding hydrogens is 256 g/mol. The van der Waals surface area contributed by atoms with Crippen molar-refractivity contribution in [1.82, 2.24) is 0 Å². The first-order valence-electron chi connectivity index (χ1n) is 5.39. The van der Waals surface area contributed by atoms with Crippen LogP contribution in [0.1, 0.15) is 13.8 Å². The predicted molar refractivity (Wildman–Crippen MR) is 75.2 cm³/mol. The lowest BCUT2D eigenvalue weighted by Gasteiger charge is -2.40. The second-order valence-corrected chi connectivity index (χ2v) is 5.76. The lowest BCUT2D eigenvalue weighted by molar-refractivity contribution is 0.106. The Balaban J connectivity index is 2.40. The molecule has 0 fully saturated rings. The van der Waals surface area contributed by atoms with Gasteiger partial charge in [0.25, 0.3) is 0 Å². The number of hydrogen-bond donors (Lipinski definition) is 1. The highest BCUT2D eigenvalue weighted by Gasteiger charge is 2.31. The Bertz CT molecular complexity index is 462. The predicted octanol–water partition coefficient (Wildman–Crippen LogP) is 2.60. The fourth-order valence-corrected chi connectivity index (χ4v) is 2.35. The average Bonchev–Trinajstić information content (AvgIpc) is 2.17. The first kappa shape index (κ1) is 12.5. The lowest BCUT2D eigenvalue weighted by Crippen LogP contribution is -2.49. The molecule has 1 aliphatic heterocycles. The maximum Gasteiger partial charge on any atom is 0.143 e. The standard InChI is InChI=1S/C12H15ClN2OS/c1-12(2)7-15(6-11(14)17)9-5-8(13)3-4-10(9)16-12/h3-5H,6-7H2,1-2H3,(H2,14,17). The number of rotatable bonds is 2. The van der Waals surface area contributed by atoms with Gasteiger partial charge in [0.15, 0.2) is 0 Å². The van der Waals surface area contributed by atoms with Gasteiger partial charge in [-0.25, -0.2) is 0 Å². The van der Waals surface area contributed by atoms with Crippen LogP contribution in [0.25, 0.3) is 0 Å². The Kier molecular flexibility index (Phi) is 3.19. The highest BCUT2D eigenvalue weighted by Crippen LogP contribution is 2.38. The number of benzene rings is 1. The molecule has 3 nitrogen and oxygen atoms in total. The van der Waals surface area contributed by atoms with E-state index in [-0.39, 0.29) is 5.60 Å². The third-order valence-corrected chi connectivity index (χ3v) is 2.93. The van der Waals surface area contributed by atoms with Gasteiger partial charge in [0, 0.05) is 5.02 Å². The van der Waals surface area contributed by atoms with E-state index in [1.165, 1.54) is 0 Å². The van der Waals surface area contributed by atoms with Crippen LogP contribution in [0.4, 0.5) is 5.69 Å². The molecule has 1 heterocycles. The van der Waals surface area contributed by atoms with E-state index in [1.54, 1.807) is 0 Å². The van der Waals surface area contributed by atoms with Crippen molar-refractivity contribution < 1.29 is 4.74 Å². The molecule has 92 valence electrons. The number of nitrogens with zero attached hydrogens (tertiary/aromatic N) is 1. The Morgan fingerprint density at radius 1 is 1.59 bits per heavy atom. The minimum Gasteiger partial charge on any atom is -0.484 e. The van der Waals surface area contributed by atoms with Crippen molar-refractivity contribution in [1.29, 1.82) is 0 Å². The summed E-state index contributed by atoms with van der Waals surface area (Å²) in [6, 6.07) is 5.58. The Hall–Kier alpha value is -1.00. The van der Waals surface area contributed by atoms with Crippen LogP contribution in [0.3, 0.4) is 0 Å². The molecule has 0 saturated carbocycles. The molecule has 0 atom stereocenters. The Labute approximate surface area is 111 Å². The van der Waals surface area contributed by atoms with E-state index in [1.807, 2.05) is 32.0 Å². The van der Waals surface area contributed by atoms with Crippen molar-refractivity contribution in [2.45, 2.75) is 19.4 Å². The first-order chi connectivity index (χ1) is 7.87. The van der Waals surface area contributed by atoms with Gasteiger partial charge in [-0.3, -0.25) is 0 Å². The minimum absolute atomic E-state index is 0.258. The second kappa shape index (κ2) is 4.35. The van der Waals surface area contributed by atoms with Crippen LogP contribution in [-0.2, 0) is 0 Å². The van der Waals surface area contributed by atoms with Gasteiger partial charge in [-0.05, 0) is 32.0 Å². The zero-order chi connectivity index (χ0) is 12.6. The van der Waals surface area contributed by atoms with Crippen LogP contribution >= 0.6 is 23.8 Å². The molecule has 0 spiro atoms. The van der Waals surface area contributed by atoms with E-state index in [4.69, 9.17) is 34.3 Å². The van der Waals surface area contributed by atoms with Gasteiger partial charge >= 0.3 is 0 Å². The first-order valence-corrected chi connectivity index (χ1v) is 6.18. The molecule has 1 aromatic rings. The SMILES string of the molecule is CC1(C)CN(CC(N)=S)c2cc(Cl)ccc2O1. The summed E-state index contributed by atoms with van der Waals surface area (Å²) < 4.78 is 5.90. The van der Waals surface area contributed by atoms with Crippen LogP contribution in [0.2, 0.25) is 5.02 Å². The van der Waals surface area contributed by atoms with Crippen molar-refractivity contribution in [3.05, 3.63) is 23.2 Å². The summed E-state index contributed by atoms with van der Waals surface area (Å²) in [4.78, 5) is 2.57. The molecule has 2 rings (SSSR count). The molecule has 0 amide bonds. The topological polar surface area (TPSA) is 38.5 Å². The van der Waals surface area contributed by atoms with E-state index in [9.17, 15) is 0 Å². The fourth-order valence-electron chi connectivity index (χ4n) is 2.03. The van der Waals surface area contributed by atoms with Gasteiger partial charge in [-0.2, -0.15) is 0 Å². The third-order valence-electron chi connectivity index (χ3n) is 2.57. The van der Waals surface area contributed by atoms with Crippen LogP contribution < -0.4 is 15.4 Å². The summed E-state index contributed by atoms with van der Waals surface area (Å²) in [5, 5.41) is 0.681. The van der Waals surface area contributed by atoms with E-state index in [2.05, 4.69) is 4.90 Å². The van der Waals surface area contributed by atoms with Crippen molar-refractivity contribution >= 4 is 34.5 Å². The van der Waals surface area contributed by atoms with Gasteiger partial charge < -0.3 is 15.4 Å². The van der Waals surface area contributed by atoms with Crippen LogP contribution in [0.5, 0.6) is 5.75 Å². The molecule has 0 bridgehead atoms. The highest BCUT2D eigenvalue weighted by atomic mass is 35.5. The molecule has 5 heteroatoms. The molecule has 0 saturated heterocycles. The smallest absolute Gasteiger partial charge is 0.143 e. The normalized spacial score (nSPS) is 17.2. The summed E-state index contributed by atoms with van der Waals surface area (Å²) in [6.07, 6.45) is 0. The summed E-state index contributed by atoms with van der Waals surface area (Å²) in [7, 11) is 0. The van der Waals surface area contributed by atoms with Gasteiger partial charge in [0.05, 0.1) is 23.8 Å². The number of nitrogens with two attached hydrogens (primary N) is 1. The van der Waals surface area contributed by atoms with Gasteiger partial charge in [-0.15, -0.1) is 0 Å². The van der Waals surface area contributed by atoms with E-state index >= 15 is 0 Å². The van der Waals surface area contributed by atoms with Gasteiger partial charge in [0.1, 0.15) is 11.4 Å². The fraction of sp³-hybridized carbons (Fsp3) is 0.417. The Morgan fingerprint density at radius 2 is 2.29 bits per heavy atom. The van der Waals surface area contributed by atoms with Crippen molar-refractivity contribution in [3.63, 3.8) is 0 Å². The molecule has 0 radical (unpaired) electrons. The molecule has 0 aliphatic carbocycles. The number of fused-ring (bicyclic) bond motifs is 1. The summed E-state index contributed by atoms with van der Waals surface area (Å²) in [5.74, 6) is 0.821. The second-order valence-electron chi connectivity index (χ2n) is 4.80. The van der Waals surface area contributed by atoms with Crippen molar-refractivity contribution in [3.8, 4) is 5.75 Å². The minimum atomic E-state index is -0.258. The van der Waals surface area contributed by atoms with E-state index < -0.39 is 0 Å². The number of thiocarbonyl (C=S) groups is 1. The molecule has 1 aromatic carbocycles. The van der Waals surface area contributed by atoms with Crippen molar-refractivity contribution in [2.24, 2.45) is 5.73 Å². The molecule has 17 heavy (non-hydrogen) atoms. The molecule has 0 unspecified atom stereocenters. The summed E-state index contributed by atoms with van der Waals surface area (Å²) in [5.41, 5.74) is 6.31.